The summed E-state index contributed by atoms with van der Waals surface area (Å²) < 4.78 is 19.4. The van der Waals surface area contributed by atoms with Gasteiger partial charge in [-0.2, -0.15) is 0 Å². The first-order valence-electron chi connectivity index (χ1n) is 11.0. The summed E-state index contributed by atoms with van der Waals surface area (Å²) in [7, 11) is 0. The van der Waals surface area contributed by atoms with Gasteiger partial charge < -0.3 is 9.64 Å². The summed E-state index contributed by atoms with van der Waals surface area (Å²) >= 11 is 0. The topological polar surface area (TPSA) is 82.1 Å². The first-order valence-corrected chi connectivity index (χ1v) is 11.0. The predicted molar refractivity (Wildman–Crippen MR) is 126 cm³/mol. The number of hydrogen-bond acceptors (Lipinski definition) is 4. The summed E-state index contributed by atoms with van der Waals surface area (Å²) in [4.78, 5) is 28.6. The fourth-order valence-electron chi connectivity index (χ4n) is 3.96. The van der Waals surface area contributed by atoms with Crippen molar-refractivity contribution in [1.82, 2.24) is 10.4 Å². The van der Waals surface area contributed by atoms with Crippen molar-refractivity contribution in [2.75, 3.05) is 31.2 Å². The van der Waals surface area contributed by atoms with Crippen molar-refractivity contribution in [3.05, 3.63) is 89.2 Å². The van der Waals surface area contributed by atoms with Crippen LogP contribution in [0, 0.1) is 12.7 Å². The lowest BCUT2D eigenvalue weighted by Crippen LogP contribution is -2.48. The Bertz CT molecular complexity index is 1160. The first kappa shape index (κ1) is 23.4. The molecule has 0 atom stereocenters. The van der Waals surface area contributed by atoms with E-state index in [1.54, 1.807) is 39.5 Å². The van der Waals surface area contributed by atoms with Crippen LogP contribution in [-0.2, 0) is 11.3 Å². The van der Waals surface area contributed by atoms with E-state index >= 15 is 0 Å². The van der Waals surface area contributed by atoms with Gasteiger partial charge in [-0.05, 0) is 65.6 Å². The fraction of sp³-hybridized carbons (Fsp3) is 0.231. The minimum absolute atomic E-state index is 0.159. The minimum atomic E-state index is -0.606. The van der Waals surface area contributed by atoms with Crippen molar-refractivity contribution < 1.29 is 23.9 Å². The summed E-state index contributed by atoms with van der Waals surface area (Å²) in [6, 6.07) is 18.8. The van der Waals surface area contributed by atoms with Crippen LogP contribution in [0.5, 0.6) is 0 Å². The second-order valence-electron chi connectivity index (χ2n) is 8.17. The monoisotopic (exact) mass is 463 g/mol. The van der Waals surface area contributed by atoms with Gasteiger partial charge in [0, 0.05) is 24.3 Å². The van der Waals surface area contributed by atoms with Gasteiger partial charge in [-0.1, -0.05) is 30.3 Å². The zero-order chi connectivity index (χ0) is 24.1. The van der Waals surface area contributed by atoms with Crippen molar-refractivity contribution in [3.63, 3.8) is 0 Å². The van der Waals surface area contributed by atoms with E-state index in [1.165, 1.54) is 12.1 Å². The summed E-state index contributed by atoms with van der Waals surface area (Å²) in [5.41, 5.74) is 5.75. The van der Waals surface area contributed by atoms with Gasteiger partial charge in [0.05, 0.1) is 19.8 Å². The molecule has 176 valence electrons. The molecule has 3 aromatic rings. The third-order valence-corrected chi connectivity index (χ3v) is 5.70. The maximum atomic E-state index is 14.0. The van der Waals surface area contributed by atoms with Gasteiger partial charge in [0.2, 0.25) is 0 Å². The van der Waals surface area contributed by atoms with Crippen molar-refractivity contribution in [3.8, 4) is 11.1 Å². The van der Waals surface area contributed by atoms with E-state index < -0.39 is 5.91 Å². The molecule has 7 nitrogen and oxygen atoms in total. The van der Waals surface area contributed by atoms with E-state index in [9.17, 15) is 14.0 Å². The Morgan fingerprint density at radius 3 is 2.44 bits per heavy atom. The number of nitrogens with one attached hydrogen (secondary N) is 1. The highest BCUT2D eigenvalue weighted by Gasteiger charge is 2.25. The lowest BCUT2D eigenvalue weighted by molar-refractivity contribution is 0.0548. The number of urea groups is 1. The van der Waals surface area contributed by atoms with Crippen molar-refractivity contribution in [2.24, 2.45) is 0 Å². The number of halogens is 1. The number of hydroxylamine groups is 1. The number of anilines is 1. The lowest BCUT2D eigenvalue weighted by atomic mass is 10.0. The normalized spacial score (nSPS) is 13.4. The van der Waals surface area contributed by atoms with Crippen LogP contribution < -0.4 is 10.4 Å². The molecule has 1 aliphatic rings. The number of aryl methyl sites for hydroxylation is 1. The number of rotatable bonds is 5. The SMILES string of the molecule is Cc1cc(F)cc(-c2cccc(N(Cc3ccc(C(=O)NO)cc3)C(=O)N3CCOCC3)c2)c1. The molecule has 34 heavy (non-hydrogen) atoms. The van der Waals surface area contributed by atoms with Crippen LogP contribution in [0.3, 0.4) is 0 Å². The molecule has 0 saturated carbocycles. The highest BCUT2D eigenvalue weighted by atomic mass is 19.1. The van der Waals surface area contributed by atoms with Gasteiger partial charge >= 0.3 is 6.03 Å². The van der Waals surface area contributed by atoms with Gasteiger partial charge in [0.25, 0.3) is 5.91 Å². The molecule has 3 aromatic carbocycles. The van der Waals surface area contributed by atoms with Gasteiger partial charge in [-0.3, -0.25) is 14.9 Å². The van der Waals surface area contributed by atoms with E-state index in [0.717, 1.165) is 22.3 Å². The fourth-order valence-corrected chi connectivity index (χ4v) is 3.96. The molecular weight excluding hydrogens is 437 g/mol. The Morgan fingerprint density at radius 1 is 1.03 bits per heavy atom. The molecule has 4 rings (SSSR count). The number of nitrogens with zero attached hydrogens (tertiary/aromatic N) is 2. The average molecular weight is 464 g/mol. The highest BCUT2D eigenvalue weighted by molar-refractivity contribution is 5.94. The summed E-state index contributed by atoms with van der Waals surface area (Å²) in [6.07, 6.45) is 0. The molecule has 0 radical (unpaired) electrons. The molecule has 1 aliphatic heterocycles. The largest absolute Gasteiger partial charge is 0.378 e. The van der Waals surface area contributed by atoms with Crippen LogP contribution in [0.4, 0.5) is 14.9 Å². The molecule has 2 N–H and O–H groups in total. The second-order valence-corrected chi connectivity index (χ2v) is 8.17. The van der Waals surface area contributed by atoms with Crippen molar-refractivity contribution in [2.45, 2.75) is 13.5 Å². The Labute approximate surface area is 197 Å². The zero-order valence-corrected chi connectivity index (χ0v) is 18.8. The first-order chi connectivity index (χ1) is 16.4. The standard InChI is InChI=1S/C26H26FN3O4/c1-18-13-22(15-23(27)14-18)21-3-2-4-24(16-21)30(26(32)29-9-11-34-12-10-29)17-19-5-7-20(8-6-19)25(31)28-33/h2-8,13-16,33H,9-12,17H2,1H3,(H,28,31). The van der Waals surface area contributed by atoms with E-state index in [-0.39, 0.29) is 18.4 Å². The lowest BCUT2D eigenvalue weighted by Gasteiger charge is -2.33. The Hall–Kier alpha value is -3.75. The van der Waals surface area contributed by atoms with Crippen LogP contribution in [0.15, 0.2) is 66.7 Å². The number of benzene rings is 3. The predicted octanol–water partition coefficient (Wildman–Crippen LogP) is 4.38. The molecule has 1 heterocycles. The number of carbonyl (C=O) groups is 2. The molecule has 0 bridgehead atoms. The van der Waals surface area contributed by atoms with Crippen molar-refractivity contribution >= 4 is 17.6 Å². The minimum Gasteiger partial charge on any atom is -0.378 e. The number of hydrogen-bond donors (Lipinski definition) is 2. The summed E-state index contributed by atoms with van der Waals surface area (Å²) in [6.45, 7) is 4.05. The van der Waals surface area contributed by atoms with Crippen molar-refractivity contribution in [1.29, 1.82) is 0 Å². The average Bonchev–Trinajstić information content (AvgIpc) is 2.87. The third kappa shape index (κ3) is 5.41. The number of morpholine rings is 1. The smallest absolute Gasteiger partial charge is 0.324 e. The van der Waals surface area contributed by atoms with E-state index in [2.05, 4.69) is 0 Å². The molecule has 8 heteroatoms. The molecular formula is C26H26FN3O4. The Balaban J connectivity index is 1.68. The third-order valence-electron chi connectivity index (χ3n) is 5.70. The Kier molecular flexibility index (Phi) is 7.20. The molecule has 1 fully saturated rings. The number of carbonyl (C=O) groups excluding carboxylic acids is 2. The van der Waals surface area contributed by atoms with Crippen LogP contribution in [0.25, 0.3) is 11.1 Å². The highest BCUT2D eigenvalue weighted by Crippen LogP contribution is 2.28. The second kappa shape index (κ2) is 10.5. The van der Waals surface area contributed by atoms with Crippen LogP contribution in [0.1, 0.15) is 21.5 Å². The maximum absolute atomic E-state index is 14.0. The number of amides is 3. The van der Waals surface area contributed by atoms with Gasteiger partial charge in [-0.25, -0.2) is 14.7 Å². The molecule has 1 saturated heterocycles. The summed E-state index contributed by atoms with van der Waals surface area (Å²) in [5, 5.41) is 8.83. The quantitative estimate of drug-likeness (QED) is 0.435. The molecule has 0 unspecified atom stereocenters. The van der Waals surface area contributed by atoms with Gasteiger partial charge in [-0.15, -0.1) is 0 Å². The van der Waals surface area contributed by atoms with Crippen LogP contribution in [0.2, 0.25) is 0 Å². The summed E-state index contributed by atoms with van der Waals surface area (Å²) in [5.74, 6) is -0.917. The van der Waals surface area contributed by atoms with Gasteiger partial charge in [0.1, 0.15) is 5.82 Å². The molecule has 0 aliphatic carbocycles. The molecule has 0 aromatic heterocycles. The van der Waals surface area contributed by atoms with E-state index in [4.69, 9.17) is 9.94 Å². The van der Waals surface area contributed by atoms with E-state index in [1.807, 2.05) is 37.3 Å². The van der Waals surface area contributed by atoms with Gasteiger partial charge in [0.15, 0.2) is 0 Å². The number of ether oxygens (including phenoxy) is 1. The van der Waals surface area contributed by atoms with E-state index in [0.29, 0.717) is 37.6 Å². The zero-order valence-electron chi connectivity index (χ0n) is 18.8. The van der Waals surface area contributed by atoms with Crippen LogP contribution >= 0.6 is 0 Å². The van der Waals surface area contributed by atoms with Crippen LogP contribution in [-0.4, -0.2) is 48.3 Å². The molecule has 3 amide bonds. The Morgan fingerprint density at radius 2 is 1.76 bits per heavy atom. The maximum Gasteiger partial charge on any atom is 0.324 e. The molecule has 0 spiro atoms.